The number of hydrogen-bond acceptors (Lipinski definition) is 2. The minimum atomic E-state index is 0.315. The van der Waals surface area contributed by atoms with E-state index in [1.165, 1.54) is 38.5 Å². The van der Waals surface area contributed by atoms with Crippen LogP contribution in [-0.2, 0) is 4.74 Å². The Labute approximate surface area is 86.6 Å². The highest BCUT2D eigenvalue weighted by Crippen LogP contribution is 2.32. The van der Waals surface area contributed by atoms with Crippen LogP contribution in [0.25, 0.3) is 0 Å². The van der Waals surface area contributed by atoms with Gasteiger partial charge in [0.1, 0.15) is 0 Å². The van der Waals surface area contributed by atoms with Crippen molar-refractivity contribution in [2.24, 2.45) is 17.8 Å². The van der Waals surface area contributed by atoms with Crippen LogP contribution < -0.4 is 0 Å². The smallest absolute Gasteiger partial charge is 0.0518 e. The molecule has 0 heterocycles. The van der Waals surface area contributed by atoms with Crippen LogP contribution in [0.4, 0.5) is 0 Å². The lowest BCUT2D eigenvalue weighted by atomic mass is 9.92. The molecule has 2 fully saturated rings. The summed E-state index contributed by atoms with van der Waals surface area (Å²) >= 11 is 0. The molecule has 0 radical (unpaired) electrons. The van der Waals surface area contributed by atoms with Gasteiger partial charge in [-0.2, -0.15) is 0 Å². The van der Waals surface area contributed by atoms with E-state index in [0.29, 0.717) is 12.5 Å². The largest absolute Gasteiger partial charge is 0.396 e. The fourth-order valence-corrected chi connectivity index (χ4v) is 2.44. The Morgan fingerprint density at radius 1 is 1.14 bits per heavy atom. The molecule has 0 aliphatic heterocycles. The van der Waals surface area contributed by atoms with Crippen molar-refractivity contribution < 1.29 is 9.84 Å². The first-order valence-electron chi connectivity index (χ1n) is 6.08. The summed E-state index contributed by atoms with van der Waals surface area (Å²) in [5.74, 6) is 1.99. The van der Waals surface area contributed by atoms with Gasteiger partial charge in [-0.25, -0.2) is 0 Å². The van der Waals surface area contributed by atoms with E-state index in [2.05, 4.69) is 0 Å². The molecule has 2 aliphatic rings. The molecule has 82 valence electrons. The highest BCUT2D eigenvalue weighted by Gasteiger charge is 2.26. The Hall–Kier alpha value is -0.0800. The third-order valence-electron chi connectivity index (χ3n) is 3.68. The predicted octanol–water partition coefficient (Wildman–Crippen LogP) is 2.21. The molecule has 0 bridgehead atoms. The van der Waals surface area contributed by atoms with Gasteiger partial charge in [0, 0.05) is 19.1 Å². The molecule has 2 rings (SSSR count). The summed E-state index contributed by atoms with van der Waals surface area (Å²) in [6, 6.07) is 0. The summed E-state index contributed by atoms with van der Waals surface area (Å²) < 4.78 is 5.66. The standard InChI is InChI=1S/C12H22O2/c13-7-12(11-3-1-2-4-11)9-14-8-10-5-6-10/h10-13H,1-9H2. The molecule has 14 heavy (non-hydrogen) atoms. The Balaban J connectivity index is 1.63. The van der Waals surface area contributed by atoms with Crippen LogP contribution >= 0.6 is 0 Å². The minimum absolute atomic E-state index is 0.315. The van der Waals surface area contributed by atoms with Crippen LogP contribution in [0.2, 0.25) is 0 Å². The molecule has 0 aromatic rings. The van der Waals surface area contributed by atoms with Gasteiger partial charge in [-0.3, -0.25) is 0 Å². The molecule has 1 unspecified atom stereocenters. The molecule has 2 saturated carbocycles. The molecule has 0 saturated heterocycles. The number of rotatable bonds is 6. The average molecular weight is 198 g/mol. The summed E-state index contributed by atoms with van der Waals surface area (Å²) in [6.45, 7) is 2.04. The summed E-state index contributed by atoms with van der Waals surface area (Å²) in [5, 5.41) is 9.29. The van der Waals surface area contributed by atoms with Gasteiger partial charge in [0.25, 0.3) is 0 Å². The van der Waals surface area contributed by atoms with E-state index in [0.717, 1.165) is 25.0 Å². The number of aliphatic hydroxyl groups is 1. The quantitative estimate of drug-likeness (QED) is 0.709. The van der Waals surface area contributed by atoms with Crippen molar-refractivity contribution in [2.45, 2.75) is 38.5 Å². The topological polar surface area (TPSA) is 29.5 Å². The lowest BCUT2D eigenvalue weighted by Crippen LogP contribution is -2.22. The summed E-state index contributed by atoms with van der Waals surface area (Å²) in [5.41, 5.74) is 0. The normalized spacial score (nSPS) is 25.5. The molecule has 0 aromatic heterocycles. The van der Waals surface area contributed by atoms with Crippen molar-refractivity contribution in [3.05, 3.63) is 0 Å². The van der Waals surface area contributed by atoms with Crippen LogP contribution in [0.15, 0.2) is 0 Å². The minimum Gasteiger partial charge on any atom is -0.396 e. The van der Waals surface area contributed by atoms with Gasteiger partial charge in [0.2, 0.25) is 0 Å². The van der Waals surface area contributed by atoms with Crippen molar-refractivity contribution in [1.82, 2.24) is 0 Å². The molecule has 0 amide bonds. The third-order valence-corrected chi connectivity index (χ3v) is 3.68. The molecular formula is C12H22O2. The SMILES string of the molecule is OCC(COCC1CC1)C1CCCC1. The van der Waals surface area contributed by atoms with Crippen molar-refractivity contribution >= 4 is 0 Å². The van der Waals surface area contributed by atoms with E-state index >= 15 is 0 Å². The Kier molecular flexibility index (Phi) is 3.82. The highest BCUT2D eigenvalue weighted by molar-refractivity contribution is 4.76. The second-order valence-corrected chi connectivity index (χ2v) is 4.97. The van der Waals surface area contributed by atoms with Gasteiger partial charge < -0.3 is 9.84 Å². The van der Waals surface area contributed by atoms with Crippen LogP contribution in [0.3, 0.4) is 0 Å². The van der Waals surface area contributed by atoms with E-state index < -0.39 is 0 Å². The van der Waals surface area contributed by atoms with Crippen molar-refractivity contribution in [1.29, 1.82) is 0 Å². The van der Waals surface area contributed by atoms with E-state index in [-0.39, 0.29) is 0 Å². The summed E-state index contributed by atoms with van der Waals surface area (Å²) in [7, 11) is 0. The predicted molar refractivity (Wildman–Crippen MR) is 56.1 cm³/mol. The monoisotopic (exact) mass is 198 g/mol. The van der Waals surface area contributed by atoms with Crippen LogP contribution in [0.5, 0.6) is 0 Å². The van der Waals surface area contributed by atoms with Crippen LogP contribution in [0, 0.1) is 17.8 Å². The third kappa shape index (κ3) is 2.96. The first kappa shape index (κ1) is 10.4. The van der Waals surface area contributed by atoms with Crippen LogP contribution in [-0.4, -0.2) is 24.9 Å². The fraction of sp³-hybridized carbons (Fsp3) is 1.00. The van der Waals surface area contributed by atoms with E-state index in [1.54, 1.807) is 0 Å². The zero-order valence-corrected chi connectivity index (χ0v) is 8.95. The zero-order valence-electron chi connectivity index (χ0n) is 8.95. The molecule has 2 nitrogen and oxygen atoms in total. The number of hydrogen-bond donors (Lipinski definition) is 1. The lowest BCUT2D eigenvalue weighted by Gasteiger charge is -2.20. The molecule has 1 N–H and O–H groups in total. The molecule has 2 heteroatoms. The Morgan fingerprint density at radius 2 is 1.86 bits per heavy atom. The van der Waals surface area contributed by atoms with E-state index in [4.69, 9.17) is 4.74 Å². The average Bonchev–Trinajstić information content (AvgIpc) is 2.86. The first-order chi connectivity index (χ1) is 6.90. The molecule has 0 spiro atoms. The van der Waals surface area contributed by atoms with Gasteiger partial charge in [0.05, 0.1) is 6.61 Å². The van der Waals surface area contributed by atoms with Gasteiger partial charge in [-0.1, -0.05) is 25.7 Å². The van der Waals surface area contributed by atoms with Crippen molar-refractivity contribution in [3.63, 3.8) is 0 Å². The fourth-order valence-electron chi connectivity index (χ4n) is 2.44. The Morgan fingerprint density at radius 3 is 2.43 bits per heavy atom. The van der Waals surface area contributed by atoms with E-state index in [9.17, 15) is 5.11 Å². The van der Waals surface area contributed by atoms with E-state index in [1.807, 2.05) is 0 Å². The highest BCUT2D eigenvalue weighted by atomic mass is 16.5. The van der Waals surface area contributed by atoms with Crippen molar-refractivity contribution in [2.75, 3.05) is 19.8 Å². The van der Waals surface area contributed by atoms with Gasteiger partial charge in [-0.05, 0) is 24.7 Å². The second-order valence-electron chi connectivity index (χ2n) is 4.97. The maximum absolute atomic E-state index is 9.29. The molecule has 0 aromatic carbocycles. The summed E-state index contributed by atoms with van der Waals surface area (Å²) in [4.78, 5) is 0. The first-order valence-corrected chi connectivity index (χ1v) is 6.08. The Bertz CT molecular complexity index is 160. The zero-order chi connectivity index (χ0) is 9.80. The molecule has 2 aliphatic carbocycles. The molecular weight excluding hydrogens is 176 g/mol. The van der Waals surface area contributed by atoms with Crippen molar-refractivity contribution in [3.8, 4) is 0 Å². The van der Waals surface area contributed by atoms with Gasteiger partial charge >= 0.3 is 0 Å². The second kappa shape index (κ2) is 5.13. The maximum atomic E-state index is 9.29. The van der Waals surface area contributed by atoms with Crippen LogP contribution in [0.1, 0.15) is 38.5 Å². The maximum Gasteiger partial charge on any atom is 0.0518 e. The molecule has 1 atom stereocenters. The summed E-state index contributed by atoms with van der Waals surface area (Å²) in [6.07, 6.45) is 8.02. The lowest BCUT2D eigenvalue weighted by molar-refractivity contribution is 0.0428. The van der Waals surface area contributed by atoms with Gasteiger partial charge in [0.15, 0.2) is 0 Å². The number of aliphatic hydroxyl groups excluding tert-OH is 1. The van der Waals surface area contributed by atoms with Gasteiger partial charge in [-0.15, -0.1) is 0 Å². The number of ether oxygens (including phenoxy) is 1.